The second-order valence-corrected chi connectivity index (χ2v) is 8.85. The number of non-ortho nitro benzene ring substituents is 2. The summed E-state index contributed by atoms with van der Waals surface area (Å²) in [5, 5.41) is 39.3. The number of aromatic nitrogens is 3. The first kappa shape index (κ1) is 25.6. The quantitative estimate of drug-likeness (QED) is 0.203. The lowest BCUT2D eigenvalue weighted by Crippen LogP contribution is -2.45. The molecule has 2 aromatic carbocycles. The molecule has 3 aromatic rings. The lowest BCUT2D eigenvalue weighted by Gasteiger charge is -2.32. The Labute approximate surface area is 218 Å². The first-order valence-corrected chi connectivity index (χ1v) is 11.7. The minimum absolute atomic E-state index is 0.0490. The maximum atomic E-state index is 11.1. The minimum atomic E-state index is -0.584. The highest BCUT2D eigenvalue weighted by Gasteiger charge is 2.19. The summed E-state index contributed by atoms with van der Waals surface area (Å²) in [6.07, 6.45) is 1.20. The molecule has 0 saturated carbocycles. The van der Waals surface area contributed by atoms with Gasteiger partial charge in [0.2, 0.25) is 17.8 Å². The Morgan fingerprint density at radius 2 is 1.65 bits per heavy atom. The third-order valence-corrected chi connectivity index (χ3v) is 6.01. The second kappa shape index (κ2) is 11.1. The zero-order chi connectivity index (χ0) is 26.5. The Bertz CT molecular complexity index is 1350. The predicted octanol–water partition coefficient (Wildman–Crippen LogP) is 3.10. The number of likely N-dealkylation sites (N-methyl/N-ethyl adjacent to an activating group) is 1. The van der Waals surface area contributed by atoms with Crippen molar-refractivity contribution in [3.05, 3.63) is 66.7 Å². The van der Waals surface area contributed by atoms with E-state index in [0.717, 1.165) is 13.1 Å². The number of hydrogen-bond donors (Lipinski definition) is 3. The van der Waals surface area contributed by atoms with Crippen molar-refractivity contribution in [2.45, 2.75) is 0 Å². The molecule has 1 aliphatic rings. The SMILES string of the molecule is CN1CCN(c2nc(NN=Cc3cc([N+](=O)[O-])cc(Br)c3O)nc(Nc3ccc([N+](=O)[O-])cc3)n2)CC1. The van der Waals surface area contributed by atoms with Crippen molar-refractivity contribution < 1.29 is 15.0 Å². The number of hydrazone groups is 1. The van der Waals surface area contributed by atoms with Crippen LogP contribution in [-0.4, -0.2) is 74.2 Å². The molecule has 0 amide bonds. The highest BCUT2D eigenvalue weighted by molar-refractivity contribution is 9.10. The number of nitrogens with one attached hydrogen (secondary N) is 2. The maximum Gasteiger partial charge on any atom is 0.271 e. The van der Waals surface area contributed by atoms with E-state index >= 15 is 0 Å². The predicted molar refractivity (Wildman–Crippen MR) is 140 cm³/mol. The molecule has 1 saturated heterocycles. The number of nitrogens with zero attached hydrogens (tertiary/aromatic N) is 8. The summed E-state index contributed by atoms with van der Waals surface area (Å²) in [5.41, 5.74) is 3.03. The molecule has 0 radical (unpaired) electrons. The van der Waals surface area contributed by atoms with Crippen LogP contribution in [0, 0.1) is 20.2 Å². The molecular weight excluding hydrogens is 552 g/mol. The van der Waals surface area contributed by atoms with E-state index in [4.69, 9.17) is 0 Å². The highest BCUT2D eigenvalue weighted by Crippen LogP contribution is 2.31. The summed E-state index contributed by atoms with van der Waals surface area (Å²) in [4.78, 5) is 38.4. The Balaban J connectivity index is 1.60. The van der Waals surface area contributed by atoms with Gasteiger partial charge < -0.3 is 20.2 Å². The largest absolute Gasteiger partial charge is 0.506 e. The van der Waals surface area contributed by atoms with Gasteiger partial charge in [-0.3, -0.25) is 20.2 Å². The molecule has 0 aliphatic carbocycles. The van der Waals surface area contributed by atoms with Crippen LogP contribution in [0.1, 0.15) is 5.56 Å². The molecule has 192 valence electrons. The summed E-state index contributed by atoms with van der Waals surface area (Å²) in [6, 6.07) is 8.15. The third-order valence-electron chi connectivity index (χ3n) is 5.40. The van der Waals surface area contributed by atoms with Crippen molar-refractivity contribution in [1.29, 1.82) is 0 Å². The molecule has 15 nitrogen and oxygen atoms in total. The summed E-state index contributed by atoms with van der Waals surface area (Å²) in [5.74, 6) is 0.432. The van der Waals surface area contributed by atoms with Gasteiger partial charge in [0, 0.05) is 61.7 Å². The van der Waals surface area contributed by atoms with E-state index in [0.29, 0.717) is 24.7 Å². The molecule has 4 rings (SSSR count). The standard InChI is InChI=1S/C21H21BrN10O5/c1-29-6-8-30(9-7-29)21-26-19(24-14-2-4-15(5-3-14)31(34)35)25-20(27-21)28-23-12-13-10-16(32(36)37)11-17(22)18(13)33/h2-5,10-12,33H,6-9H2,1H3,(H2,24,25,26,27,28). The number of benzene rings is 2. The van der Waals surface area contributed by atoms with Crippen LogP contribution in [0.4, 0.5) is 34.9 Å². The number of piperazine rings is 1. The number of nitro groups is 2. The Kier molecular flexibility index (Phi) is 7.69. The van der Waals surface area contributed by atoms with Gasteiger partial charge in [-0.25, -0.2) is 5.43 Å². The Hall–Kier alpha value is -4.44. The summed E-state index contributed by atoms with van der Waals surface area (Å²) < 4.78 is 0.148. The molecular formula is C21H21BrN10O5. The number of rotatable bonds is 8. The first-order valence-electron chi connectivity index (χ1n) is 10.9. The Morgan fingerprint density at radius 3 is 2.30 bits per heavy atom. The number of anilines is 4. The second-order valence-electron chi connectivity index (χ2n) is 7.99. The normalized spacial score (nSPS) is 14.1. The van der Waals surface area contributed by atoms with E-state index in [9.17, 15) is 25.3 Å². The van der Waals surface area contributed by atoms with E-state index in [1.165, 1.54) is 42.6 Å². The number of nitro benzene ring substituents is 2. The van der Waals surface area contributed by atoms with Crippen molar-refractivity contribution in [3.8, 4) is 5.75 Å². The smallest absolute Gasteiger partial charge is 0.271 e. The fraction of sp³-hybridized carbons (Fsp3) is 0.238. The summed E-state index contributed by atoms with van der Waals surface area (Å²) >= 11 is 3.09. The van der Waals surface area contributed by atoms with Crippen LogP contribution in [-0.2, 0) is 0 Å². The van der Waals surface area contributed by atoms with Gasteiger partial charge in [0.25, 0.3) is 11.4 Å². The van der Waals surface area contributed by atoms with Crippen molar-refractivity contribution in [2.24, 2.45) is 5.10 Å². The fourth-order valence-corrected chi connectivity index (χ4v) is 3.85. The molecule has 1 fully saturated rings. The molecule has 16 heteroatoms. The molecule has 3 N–H and O–H groups in total. The van der Waals surface area contributed by atoms with Gasteiger partial charge in [-0.2, -0.15) is 20.1 Å². The van der Waals surface area contributed by atoms with Gasteiger partial charge in [-0.05, 0) is 35.1 Å². The van der Waals surface area contributed by atoms with Crippen molar-refractivity contribution in [3.63, 3.8) is 0 Å². The number of hydrogen-bond acceptors (Lipinski definition) is 13. The summed E-state index contributed by atoms with van der Waals surface area (Å²) in [7, 11) is 2.02. The van der Waals surface area contributed by atoms with Gasteiger partial charge in [-0.1, -0.05) is 0 Å². The topological polar surface area (TPSA) is 188 Å². The van der Waals surface area contributed by atoms with Crippen molar-refractivity contribution in [2.75, 3.05) is 48.9 Å². The van der Waals surface area contributed by atoms with E-state index in [1.54, 1.807) is 0 Å². The van der Waals surface area contributed by atoms with Crippen LogP contribution in [0.5, 0.6) is 5.75 Å². The summed E-state index contributed by atoms with van der Waals surface area (Å²) in [6.45, 7) is 3.02. The van der Waals surface area contributed by atoms with Gasteiger partial charge in [0.05, 0.1) is 20.5 Å². The number of aromatic hydroxyl groups is 1. The molecule has 0 unspecified atom stereocenters. The van der Waals surface area contributed by atoms with Crippen LogP contribution < -0.4 is 15.6 Å². The van der Waals surface area contributed by atoms with E-state index in [1.807, 2.05) is 11.9 Å². The zero-order valence-corrected chi connectivity index (χ0v) is 21.0. The monoisotopic (exact) mass is 572 g/mol. The van der Waals surface area contributed by atoms with Crippen LogP contribution >= 0.6 is 15.9 Å². The fourth-order valence-electron chi connectivity index (χ4n) is 3.38. The molecule has 37 heavy (non-hydrogen) atoms. The highest BCUT2D eigenvalue weighted by atomic mass is 79.9. The van der Waals surface area contributed by atoms with Gasteiger partial charge in [0.1, 0.15) is 5.75 Å². The zero-order valence-electron chi connectivity index (χ0n) is 19.4. The number of halogens is 1. The number of phenols is 1. The average molecular weight is 573 g/mol. The third kappa shape index (κ3) is 6.42. The lowest BCUT2D eigenvalue weighted by atomic mass is 10.2. The average Bonchev–Trinajstić information content (AvgIpc) is 2.87. The van der Waals surface area contributed by atoms with E-state index in [2.05, 4.69) is 51.6 Å². The molecule has 1 aromatic heterocycles. The van der Waals surface area contributed by atoms with Crippen LogP contribution in [0.2, 0.25) is 0 Å². The van der Waals surface area contributed by atoms with Crippen molar-refractivity contribution >= 4 is 57.1 Å². The van der Waals surface area contributed by atoms with E-state index < -0.39 is 9.85 Å². The molecule has 0 spiro atoms. The molecule has 0 bridgehead atoms. The number of phenolic OH excluding ortho intramolecular Hbond substituents is 1. The maximum absolute atomic E-state index is 11.1. The molecule has 2 heterocycles. The lowest BCUT2D eigenvalue weighted by molar-refractivity contribution is -0.385. The van der Waals surface area contributed by atoms with Crippen molar-refractivity contribution in [1.82, 2.24) is 19.9 Å². The Morgan fingerprint density at radius 1 is 1.00 bits per heavy atom. The molecule has 0 atom stereocenters. The first-order chi connectivity index (χ1) is 17.7. The van der Waals surface area contributed by atoms with Gasteiger partial charge in [0.15, 0.2) is 0 Å². The van der Waals surface area contributed by atoms with Gasteiger partial charge in [-0.15, -0.1) is 0 Å². The molecule has 1 aliphatic heterocycles. The minimum Gasteiger partial charge on any atom is -0.506 e. The van der Waals surface area contributed by atoms with Crippen LogP contribution in [0.15, 0.2) is 46.0 Å². The van der Waals surface area contributed by atoms with Gasteiger partial charge >= 0.3 is 0 Å². The van der Waals surface area contributed by atoms with E-state index in [-0.39, 0.29) is 39.1 Å². The van der Waals surface area contributed by atoms with Crippen LogP contribution in [0.3, 0.4) is 0 Å². The van der Waals surface area contributed by atoms with Crippen LogP contribution in [0.25, 0.3) is 0 Å².